The summed E-state index contributed by atoms with van der Waals surface area (Å²) < 4.78 is 28.5. The Labute approximate surface area is 162 Å². The van der Waals surface area contributed by atoms with Crippen molar-refractivity contribution < 1.29 is 13.6 Å². The number of imidazole rings is 1. The van der Waals surface area contributed by atoms with Crippen molar-refractivity contribution in [1.82, 2.24) is 9.38 Å². The summed E-state index contributed by atoms with van der Waals surface area (Å²) in [6.07, 6.45) is 1.88. The Balaban J connectivity index is 1.55. The zero-order valence-electron chi connectivity index (χ0n) is 13.7. The van der Waals surface area contributed by atoms with Crippen molar-refractivity contribution in [2.75, 3.05) is 5.32 Å². The second-order valence-electron chi connectivity index (χ2n) is 5.86. The molecule has 2 heterocycles. The fourth-order valence-electron chi connectivity index (χ4n) is 2.67. The van der Waals surface area contributed by atoms with Crippen LogP contribution >= 0.6 is 22.9 Å². The van der Waals surface area contributed by atoms with Gasteiger partial charge < -0.3 is 5.32 Å². The van der Waals surface area contributed by atoms with Gasteiger partial charge in [-0.05, 0) is 24.3 Å². The van der Waals surface area contributed by atoms with Crippen molar-refractivity contribution in [2.24, 2.45) is 0 Å². The minimum atomic E-state index is -0.813. The minimum Gasteiger partial charge on any atom is -0.323 e. The second kappa shape index (κ2) is 7.09. The van der Waals surface area contributed by atoms with Gasteiger partial charge in [-0.15, -0.1) is 11.3 Å². The molecule has 8 heteroatoms. The van der Waals surface area contributed by atoms with E-state index in [2.05, 4.69) is 10.3 Å². The molecule has 0 unspecified atom stereocenters. The summed E-state index contributed by atoms with van der Waals surface area (Å²) in [5.41, 5.74) is 2.35. The predicted octanol–water partition coefficient (Wildman–Crippen LogP) is 5.18. The third kappa shape index (κ3) is 3.70. The van der Waals surface area contributed by atoms with Crippen molar-refractivity contribution in [3.8, 4) is 11.3 Å². The van der Waals surface area contributed by atoms with Crippen LogP contribution in [0.2, 0.25) is 5.02 Å². The molecule has 0 fully saturated rings. The molecule has 4 nitrogen and oxygen atoms in total. The largest absolute Gasteiger partial charge is 0.323 e. The first-order valence-electron chi connectivity index (χ1n) is 7.96. The van der Waals surface area contributed by atoms with Gasteiger partial charge in [0.05, 0.1) is 17.8 Å². The van der Waals surface area contributed by atoms with Crippen molar-refractivity contribution in [2.45, 2.75) is 6.42 Å². The fraction of sp³-hybridized carbons (Fsp3) is 0.0526. The number of nitrogens with one attached hydrogen (secondary N) is 1. The lowest BCUT2D eigenvalue weighted by molar-refractivity contribution is -0.115. The molecule has 2 aromatic heterocycles. The standard InChI is InChI=1S/C19H12ClF2N3OS/c20-12-3-1-11(2-4-12)17-9-25-14(10-27-19(25)24-17)8-18(26)23-16-6-5-13(21)7-15(16)22/h1-7,9-10H,8H2,(H,23,26). The van der Waals surface area contributed by atoms with Crippen molar-refractivity contribution >= 4 is 39.5 Å². The highest BCUT2D eigenvalue weighted by atomic mass is 35.5. The molecule has 0 aliphatic carbocycles. The van der Waals surface area contributed by atoms with Crippen LogP contribution in [0.4, 0.5) is 14.5 Å². The molecule has 0 spiro atoms. The monoisotopic (exact) mass is 403 g/mol. The first-order valence-corrected chi connectivity index (χ1v) is 9.21. The average molecular weight is 404 g/mol. The lowest BCUT2D eigenvalue weighted by Gasteiger charge is -2.06. The average Bonchev–Trinajstić information content (AvgIpc) is 3.20. The highest BCUT2D eigenvalue weighted by Crippen LogP contribution is 2.25. The summed E-state index contributed by atoms with van der Waals surface area (Å²) in [5, 5.41) is 4.93. The van der Waals surface area contributed by atoms with E-state index in [0.29, 0.717) is 5.02 Å². The molecular formula is C19H12ClF2N3OS. The number of halogens is 3. The first kappa shape index (κ1) is 17.6. The molecule has 1 N–H and O–H groups in total. The van der Waals surface area contributed by atoms with Gasteiger partial charge >= 0.3 is 0 Å². The van der Waals surface area contributed by atoms with E-state index < -0.39 is 17.5 Å². The Kier molecular flexibility index (Phi) is 4.63. The molecule has 4 aromatic rings. The highest BCUT2D eigenvalue weighted by molar-refractivity contribution is 7.15. The van der Waals surface area contributed by atoms with Gasteiger partial charge in [0, 0.05) is 33.9 Å². The van der Waals surface area contributed by atoms with Crippen LogP contribution in [-0.2, 0) is 11.2 Å². The summed E-state index contributed by atoms with van der Waals surface area (Å²) in [4.78, 5) is 17.6. The third-order valence-corrected chi connectivity index (χ3v) is 5.11. The van der Waals surface area contributed by atoms with Crippen molar-refractivity contribution in [3.63, 3.8) is 0 Å². The second-order valence-corrected chi connectivity index (χ2v) is 7.13. The normalized spacial score (nSPS) is 11.1. The summed E-state index contributed by atoms with van der Waals surface area (Å²) in [5.74, 6) is -1.91. The van der Waals surface area contributed by atoms with Gasteiger partial charge in [0.1, 0.15) is 11.6 Å². The van der Waals surface area contributed by atoms with Crippen LogP contribution in [0.1, 0.15) is 5.69 Å². The number of nitrogens with zero attached hydrogens (tertiary/aromatic N) is 2. The zero-order chi connectivity index (χ0) is 19.0. The van der Waals surface area contributed by atoms with Crippen LogP contribution in [-0.4, -0.2) is 15.3 Å². The maximum absolute atomic E-state index is 13.7. The number of anilines is 1. The van der Waals surface area contributed by atoms with Crippen molar-refractivity contribution in [1.29, 1.82) is 0 Å². The van der Waals surface area contributed by atoms with Crippen LogP contribution in [0.15, 0.2) is 54.0 Å². The SMILES string of the molecule is O=C(Cc1csc2nc(-c3ccc(Cl)cc3)cn12)Nc1ccc(F)cc1F. The van der Waals surface area contributed by atoms with E-state index in [9.17, 15) is 13.6 Å². The molecule has 4 rings (SSSR count). The van der Waals surface area contributed by atoms with E-state index in [1.54, 1.807) is 12.1 Å². The maximum atomic E-state index is 13.7. The van der Waals surface area contributed by atoms with Crippen LogP contribution in [0.5, 0.6) is 0 Å². The number of rotatable bonds is 4. The number of benzene rings is 2. The molecule has 136 valence electrons. The number of carbonyl (C=O) groups is 1. The fourth-order valence-corrected chi connectivity index (χ4v) is 3.66. The molecule has 0 radical (unpaired) electrons. The number of fused-ring (bicyclic) bond motifs is 1. The van der Waals surface area contributed by atoms with E-state index >= 15 is 0 Å². The van der Waals surface area contributed by atoms with Crippen LogP contribution in [0.25, 0.3) is 16.2 Å². The summed E-state index contributed by atoms with van der Waals surface area (Å²) in [7, 11) is 0. The van der Waals surface area contributed by atoms with E-state index in [0.717, 1.165) is 34.0 Å². The summed E-state index contributed by atoms with van der Waals surface area (Å²) in [6, 6.07) is 10.3. The molecule has 0 aliphatic rings. The van der Waals surface area contributed by atoms with Gasteiger partial charge in [-0.1, -0.05) is 23.7 Å². The lowest BCUT2D eigenvalue weighted by atomic mass is 10.2. The molecule has 0 bridgehead atoms. The molecule has 27 heavy (non-hydrogen) atoms. The smallest absolute Gasteiger partial charge is 0.230 e. The van der Waals surface area contributed by atoms with E-state index in [1.807, 2.05) is 28.1 Å². The molecule has 0 saturated heterocycles. The Bertz CT molecular complexity index is 1140. The Morgan fingerprint density at radius 3 is 2.70 bits per heavy atom. The molecule has 0 aliphatic heterocycles. The molecule has 0 saturated carbocycles. The van der Waals surface area contributed by atoms with Gasteiger partial charge in [0.25, 0.3) is 0 Å². The number of aromatic nitrogens is 2. The summed E-state index contributed by atoms with van der Waals surface area (Å²) >= 11 is 7.32. The van der Waals surface area contributed by atoms with Gasteiger partial charge in [-0.3, -0.25) is 9.20 Å². The number of thiazole rings is 1. The molecule has 0 atom stereocenters. The Morgan fingerprint density at radius 1 is 1.19 bits per heavy atom. The lowest BCUT2D eigenvalue weighted by Crippen LogP contribution is -2.16. The van der Waals surface area contributed by atoms with Gasteiger partial charge in [-0.25, -0.2) is 13.8 Å². The van der Waals surface area contributed by atoms with Crippen molar-refractivity contribution in [3.05, 3.63) is 76.4 Å². The van der Waals surface area contributed by atoms with E-state index in [1.165, 1.54) is 17.4 Å². The predicted molar refractivity (Wildman–Crippen MR) is 102 cm³/mol. The van der Waals surface area contributed by atoms with Gasteiger partial charge in [-0.2, -0.15) is 0 Å². The van der Waals surface area contributed by atoms with Crippen LogP contribution in [0, 0.1) is 11.6 Å². The quantitative estimate of drug-likeness (QED) is 0.510. The van der Waals surface area contributed by atoms with Gasteiger partial charge in [0.15, 0.2) is 4.96 Å². The maximum Gasteiger partial charge on any atom is 0.230 e. The van der Waals surface area contributed by atoms with Crippen LogP contribution < -0.4 is 5.32 Å². The molecule has 2 aromatic carbocycles. The Hall–Kier alpha value is -2.77. The molecule has 1 amide bonds. The van der Waals surface area contributed by atoms with E-state index in [-0.39, 0.29) is 12.1 Å². The van der Waals surface area contributed by atoms with Gasteiger partial charge in [0.2, 0.25) is 5.91 Å². The number of hydrogen-bond acceptors (Lipinski definition) is 3. The minimum absolute atomic E-state index is 0.0350. The van der Waals surface area contributed by atoms with Crippen LogP contribution in [0.3, 0.4) is 0 Å². The highest BCUT2D eigenvalue weighted by Gasteiger charge is 2.14. The van der Waals surface area contributed by atoms with E-state index in [4.69, 9.17) is 11.6 Å². The first-order chi connectivity index (χ1) is 13.0. The number of carbonyl (C=O) groups excluding carboxylic acids is 1. The Morgan fingerprint density at radius 2 is 1.96 bits per heavy atom. The zero-order valence-corrected chi connectivity index (χ0v) is 15.3. The summed E-state index contributed by atoms with van der Waals surface area (Å²) in [6.45, 7) is 0. The topological polar surface area (TPSA) is 46.4 Å². The third-order valence-electron chi connectivity index (χ3n) is 3.97. The molecular weight excluding hydrogens is 392 g/mol. The number of hydrogen-bond donors (Lipinski definition) is 1. The number of amides is 1.